The summed E-state index contributed by atoms with van der Waals surface area (Å²) in [6, 6.07) is 5.37. The molecule has 4 heteroatoms. The minimum atomic E-state index is -0.911. The van der Waals surface area contributed by atoms with E-state index in [1.165, 1.54) is 4.90 Å². The van der Waals surface area contributed by atoms with E-state index in [1.54, 1.807) is 12.1 Å². The summed E-state index contributed by atoms with van der Waals surface area (Å²) >= 11 is 0. The molecule has 0 saturated heterocycles. The Bertz CT molecular complexity index is 519. The molecule has 1 aromatic rings. The zero-order valence-corrected chi connectivity index (χ0v) is 11.9. The molecular weight excluding hydrogens is 242 g/mol. The lowest BCUT2D eigenvalue weighted by Crippen LogP contribution is -2.57. The van der Waals surface area contributed by atoms with E-state index in [2.05, 4.69) is 0 Å². The number of phenols is 1. The number of phenolic OH excluding ortho intramolecular Hbond substituents is 1. The number of aromatic hydroxyl groups is 1. The van der Waals surface area contributed by atoms with Crippen molar-refractivity contribution < 1.29 is 15.0 Å². The Morgan fingerprint density at radius 1 is 1.37 bits per heavy atom. The molecule has 0 bridgehead atoms. The molecule has 0 aromatic heterocycles. The highest BCUT2D eigenvalue weighted by Gasteiger charge is 2.49. The quantitative estimate of drug-likeness (QED) is 0.755. The Balaban J connectivity index is 2.71. The summed E-state index contributed by atoms with van der Waals surface area (Å²) in [7, 11) is 0. The maximum atomic E-state index is 11.6. The van der Waals surface area contributed by atoms with Gasteiger partial charge >= 0.3 is 6.09 Å². The van der Waals surface area contributed by atoms with Gasteiger partial charge in [0.15, 0.2) is 0 Å². The van der Waals surface area contributed by atoms with E-state index >= 15 is 0 Å². The first-order valence-electron chi connectivity index (χ1n) is 6.51. The first-order chi connectivity index (χ1) is 8.69. The van der Waals surface area contributed by atoms with Crippen molar-refractivity contribution in [1.29, 1.82) is 0 Å². The van der Waals surface area contributed by atoms with Gasteiger partial charge < -0.3 is 10.2 Å². The van der Waals surface area contributed by atoms with Crippen molar-refractivity contribution in [2.24, 2.45) is 5.41 Å². The minimum absolute atomic E-state index is 0.262. The number of carboxylic acid groups (broad SMARTS) is 1. The fraction of sp³-hybridized carbons (Fsp3) is 0.533. The van der Waals surface area contributed by atoms with Gasteiger partial charge in [-0.1, -0.05) is 32.9 Å². The average Bonchev–Trinajstić information content (AvgIpc) is 2.28. The van der Waals surface area contributed by atoms with Crippen molar-refractivity contribution in [1.82, 2.24) is 4.90 Å². The van der Waals surface area contributed by atoms with Crippen molar-refractivity contribution in [3.05, 3.63) is 29.3 Å². The van der Waals surface area contributed by atoms with E-state index in [4.69, 9.17) is 0 Å². The lowest BCUT2D eigenvalue weighted by atomic mass is 9.66. The van der Waals surface area contributed by atoms with Crippen molar-refractivity contribution in [2.45, 2.75) is 39.7 Å². The summed E-state index contributed by atoms with van der Waals surface area (Å²) in [4.78, 5) is 13.1. The van der Waals surface area contributed by atoms with Crippen molar-refractivity contribution in [2.75, 3.05) is 6.54 Å². The highest BCUT2D eigenvalue weighted by Crippen LogP contribution is 2.49. The normalized spacial score (nSPS) is 23.1. The van der Waals surface area contributed by atoms with Crippen LogP contribution in [0.15, 0.2) is 18.2 Å². The Morgan fingerprint density at radius 2 is 2.00 bits per heavy atom. The molecule has 0 spiro atoms. The molecule has 1 aliphatic rings. The van der Waals surface area contributed by atoms with Crippen LogP contribution >= 0.6 is 0 Å². The van der Waals surface area contributed by atoms with Gasteiger partial charge in [-0.3, -0.25) is 4.90 Å². The monoisotopic (exact) mass is 263 g/mol. The summed E-state index contributed by atoms with van der Waals surface area (Å²) in [5.41, 5.74) is 0.866. The second-order valence-electron chi connectivity index (χ2n) is 6.31. The Hall–Kier alpha value is -1.71. The van der Waals surface area contributed by atoms with E-state index in [0.29, 0.717) is 13.0 Å². The number of nitrogens with zero attached hydrogens (tertiary/aromatic N) is 1. The highest BCUT2D eigenvalue weighted by atomic mass is 16.4. The molecule has 0 fully saturated rings. The Morgan fingerprint density at radius 3 is 2.53 bits per heavy atom. The van der Waals surface area contributed by atoms with Gasteiger partial charge in [-0.25, -0.2) is 4.79 Å². The average molecular weight is 263 g/mol. The minimum Gasteiger partial charge on any atom is -0.508 e. The van der Waals surface area contributed by atoms with Crippen LogP contribution in [0.25, 0.3) is 0 Å². The molecule has 0 saturated carbocycles. The van der Waals surface area contributed by atoms with E-state index in [0.717, 1.165) is 11.1 Å². The number of hydrogen-bond donors (Lipinski definition) is 2. The lowest BCUT2D eigenvalue weighted by molar-refractivity contribution is 0.00333. The summed E-state index contributed by atoms with van der Waals surface area (Å²) in [6.07, 6.45) is -0.355. The summed E-state index contributed by atoms with van der Waals surface area (Å²) < 4.78 is 0. The van der Waals surface area contributed by atoms with E-state index in [1.807, 2.05) is 33.8 Å². The van der Waals surface area contributed by atoms with Gasteiger partial charge in [-0.15, -0.1) is 0 Å². The summed E-state index contributed by atoms with van der Waals surface area (Å²) in [5.74, 6) is 0.262. The molecule has 1 atom stereocenters. The van der Waals surface area contributed by atoms with Crippen LogP contribution in [0, 0.1) is 5.41 Å². The van der Waals surface area contributed by atoms with Crippen molar-refractivity contribution in [3.8, 4) is 5.75 Å². The number of benzene rings is 1. The molecular formula is C15H21NO3. The third kappa shape index (κ3) is 1.86. The third-order valence-electron chi connectivity index (χ3n) is 4.49. The van der Waals surface area contributed by atoms with Crippen LogP contribution in [0.2, 0.25) is 0 Å². The number of hydrogen-bond acceptors (Lipinski definition) is 2. The van der Waals surface area contributed by atoms with Crippen LogP contribution in [0.3, 0.4) is 0 Å². The van der Waals surface area contributed by atoms with Crippen LogP contribution in [-0.2, 0) is 12.0 Å². The van der Waals surface area contributed by atoms with E-state index in [-0.39, 0.29) is 11.2 Å². The van der Waals surface area contributed by atoms with Crippen molar-refractivity contribution in [3.63, 3.8) is 0 Å². The lowest BCUT2D eigenvalue weighted by Gasteiger charge is -2.52. The molecule has 2 rings (SSSR count). The van der Waals surface area contributed by atoms with Gasteiger partial charge in [0.2, 0.25) is 0 Å². The van der Waals surface area contributed by atoms with Crippen LogP contribution in [0.5, 0.6) is 5.75 Å². The van der Waals surface area contributed by atoms with Gasteiger partial charge in [-0.2, -0.15) is 0 Å². The van der Waals surface area contributed by atoms with Crippen LogP contribution in [0.4, 0.5) is 4.79 Å². The molecule has 104 valence electrons. The van der Waals surface area contributed by atoms with Gasteiger partial charge in [0, 0.05) is 12.1 Å². The molecule has 1 aliphatic heterocycles. The molecule has 1 aromatic carbocycles. The maximum absolute atomic E-state index is 11.6. The Labute approximate surface area is 113 Å². The predicted molar refractivity (Wildman–Crippen MR) is 73.3 cm³/mol. The van der Waals surface area contributed by atoms with E-state index < -0.39 is 11.6 Å². The molecule has 4 nitrogen and oxygen atoms in total. The molecule has 0 unspecified atom stereocenters. The highest BCUT2D eigenvalue weighted by molar-refractivity contribution is 5.68. The smallest absolute Gasteiger partial charge is 0.408 e. The molecule has 0 radical (unpaired) electrons. The zero-order chi connectivity index (χ0) is 14.4. The van der Waals surface area contributed by atoms with Gasteiger partial charge in [-0.05, 0) is 30.4 Å². The van der Waals surface area contributed by atoms with Crippen LogP contribution in [0.1, 0.15) is 38.8 Å². The van der Waals surface area contributed by atoms with Crippen LogP contribution < -0.4 is 0 Å². The number of carbonyl (C=O) groups is 1. The van der Waals surface area contributed by atoms with Crippen LogP contribution in [-0.4, -0.2) is 27.8 Å². The second kappa shape index (κ2) is 4.15. The standard InChI is InChI=1S/C15H21NO3/c1-14(2,3)15(4)11-6-5-7-12(17)10(11)8-9-16(15)13(18)19/h5-7,17H,8-9H2,1-4H3,(H,18,19)/t15-/m1/s1. The first kappa shape index (κ1) is 13.7. The largest absolute Gasteiger partial charge is 0.508 e. The molecule has 2 N–H and O–H groups in total. The fourth-order valence-corrected chi connectivity index (χ4v) is 2.98. The SMILES string of the molecule is CC(C)(C)[C@@]1(C)c2cccc(O)c2CCN1C(=O)O. The molecule has 1 heterocycles. The zero-order valence-electron chi connectivity index (χ0n) is 11.9. The number of fused-ring (bicyclic) bond motifs is 1. The summed E-state index contributed by atoms with van der Waals surface area (Å²) in [5, 5.41) is 19.5. The predicted octanol–water partition coefficient (Wildman–Crippen LogP) is 3.19. The first-order valence-corrected chi connectivity index (χ1v) is 6.51. The fourth-order valence-electron chi connectivity index (χ4n) is 2.98. The maximum Gasteiger partial charge on any atom is 0.408 e. The van der Waals surface area contributed by atoms with Crippen molar-refractivity contribution >= 4 is 6.09 Å². The topological polar surface area (TPSA) is 60.8 Å². The van der Waals surface area contributed by atoms with Gasteiger partial charge in [0.25, 0.3) is 0 Å². The second-order valence-corrected chi connectivity index (χ2v) is 6.31. The number of amides is 1. The molecule has 1 amide bonds. The van der Waals surface area contributed by atoms with Gasteiger partial charge in [0.05, 0.1) is 5.54 Å². The molecule has 0 aliphatic carbocycles. The summed E-state index contributed by atoms with van der Waals surface area (Å²) in [6.45, 7) is 8.44. The van der Waals surface area contributed by atoms with Gasteiger partial charge in [0.1, 0.15) is 5.75 Å². The Kier molecular flexibility index (Phi) is 3.00. The number of rotatable bonds is 0. The van der Waals surface area contributed by atoms with E-state index in [9.17, 15) is 15.0 Å². The molecule has 19 heavy (non-hydrogen) atoms. The third-order valence-corrected chi connectivity index (χ3v) is 4.49.